The molecule has 1 N–H and O–H groups in total. The minimum absolute atomic E-state index is 0.0709. The third-order valence-electron chi connectivity index (χ3n) is 2.45. The highest BCUT2D eigenvalue weighted by Gasteiger charge is 2.18. The molecule has 0 amide bonds. The zero-order valence-corrected chi connectivity index (χ0v) is 11.2. The smallest absolute Gasteiger partial charge is 0.373 e. The molecule has 0 aliphatic carbocycles. The zero-order valence-electron chi connectivity index (χ0n) is 9.59. The Morgan fingerprint density at radius 1 is 1.39 bits per heavy atom. The molecule has 0 aliphatic heterocycles. The van der Waals surface area contributed by atoms with Gasteiger partial charge in [0.1, 0.15) is 11.9 Å². The van der Waals surface area contributed by atoms with E-state index < -0.39 is 12.1 Å². The maximum atomic E-state index is 11.2. The van der Waals surface area contributed by atoms with Gasteiger partial charge in [0.15, 0.2) is 0 Å². The second-order valence-corrected chi connectivity index (χ2v) is 4.57. The number of furan rings is 1. The summed E-state index contributed by atoms with van der Waals surface area (Å²) in [7, 11) is 1.27. The lowest BCUT2D eigenvalue weighted by molar-refractivity contribution is 0.0558. The molecule has 0 bridgehead atoms. The Morgan fingerprint density at radius 3 is 2.83 bits per heavy atom. The van der Waals surface area contributed by atoms with Crippen LogP contribution >= 0.6 is 15.9 Å². The monoisotopic (exact) mass is 310 g/mol. The lowest BCUT2D eigenvalue weighted by atomic mass is 10.1. The van der Waals surface area contributed by atoms with Gasteiger partial charge >= 0.3 is 5.97 Å². The molecule has 2 rings (SSSR count). The van der Waals surface area contributed by atoms with Crippen LogP contribution in [0.5, 0.6) is 0 Å². The Morgan fingerprint density at radius 2 is 2.17 bits per heavy atom. The number of aliphatic hydroxyl groups is 1. The largest absolute Gasteiger partial charge is 0.463 e. The molecule has 1 heterocycles. The zero-order chi connectivity index (χ0) is 13.1. The number of halogens is 1. The Kier molecular flexibility index (Phi) is 3.84. The van der Waals surface area contributed by atoms with Crippen LogP contribution in [0.2, 0.25) is 0 Å². The summed E-state index contributed by atoms with van der Waals surface area (Å²) in [5.74, 6) is -0.197. The molecule has 0 spiro atoms. The van der Waals surface area contributed by atoms with Crippen LogP contribution in [0.15, 0.2) is 45.3 Å². The SMILES string of the molecule is COC(=O)c1ccc(C(O)c2cccc(Br)c2)o1. The number of hydrogen-bond donors (Lipinski definition) is 1. The number of ether oxygens (including phenoxy) is 1. The van der Waals surface area contributed by atoms with Crippen molar-refractivity contribution in [3.63, 3.8) is 0 Å². The van der Waals surface area contributed by atoms with Crippen LogP contribution < -0.4 is 0 Å². The number of carbonyl (C=O) groups is 1. The number of methoxy groups -OCH3 is 1. The van der Waals surface area contributed by atoms with Crippen molar-refractivity contribution >= 4 is 21.9 Å². The Balaban J connectivity index is 2.26. The summed E-state index contributed by atoms with van der Waals surface area (Å²) in [5, 5.41) is 10.1. The summed E-state index contributed by atoms with van der Waals surface area (Å²) in [4.78, 5) is 11.2. The van der Waals surface area contributed by atoms with Crippen LogP contribution in [-0.2, 0) is 4.74 Å². The second-order valence-electron chi connectivity index (χ2n) is 3.65. The summed E-state index contributed by atoms with van der Waals surface area (Å²) in [6.45, 7) is 0. The van der Waals surface area contributed by atoms with Gasteiger partial charge in [-0.25, -0.2) is 4.79 Å². The van der Waals surface area contributed by atoms with Crippen LogP contribution in [-0.4, -0.2) is 18.2 Å². The molecule has 18 heavy (non-hydrogen) atoms. The molecule has 1 aromatic carbocycles. The molecule has 2 aromatic rings. The van der Waals surface area contributed by atoms with Gasteiger partial charge in [-0.2, -0.15) is 0 Å². The summed E-state index contributed by atoms with van der Waals surface area (Å²) >= 11 is 3.33. The number of aliphatic hydroxyl groups excluding tert-OH is 1. The highest BCUT2D eigenvalue weighted by molar-refractivity contribution is 9.10. The standard InChI is InChI=1S/C13H11BrO4/c1-17-13(16)11-6-5-10(18-11)12(15)8-3-2-4-9(14)7-8/h2-7,12,15H,1H3. The van der Waals surface area contributed by atoms with Crippen LogP contribution in [0, 0.1) is 0 Å². The maximum Gasteiger partial charge on any atom is 0.373 e. The first-order valence-corrected chi connectivity index (χ1v) is 6.02. The Bertz CT molecular complexity index is 562. The van der Waals surface area contributed by atoms with Gasteiger partial charge in [0, 0.05) is 4.47 Å². The average Bonchev–Trinajstić information content (AvgIpc) is 2.86. The molecule has 4 nitrogen and oxygen atoms in total. The topological polar surface area (TPSA) is 59.7 Å². The van der Waals surface area contributed by atoms with Crippen molar-refractivity contribution in [2.45, 2.75) is 6.10 Å². The van der Waals surface area contributed by atoms with Gasteiger partial charge in [0.2, 0.25) is 5.76 Å². The molecule has 94 valence electrons. The second kappa shape index (κ2) is 5.37. The van der Waals surface area contributed by atoms with E-state index in [0.717, 1.165) is 4.47 Å². The molecule has 0 aliphatic rings. The van der Waals surface area contributed by atoms with E-state index in [0.29, 0.717) is 11.3 Å². The highest BCUT2D eigenvalue weighted by Crippen LogP contribution is 2.26. The number of carbonyl (C=O) groups excluding carboxylic acids is 1. The van der Waals surface area contributed by atoms with Crippen LogP contribution in [0.4, 0.5) is 0 Å². The number of esters is 1. The van der Waals surface area contributed by atoms with E-state index >= 15 is 0 Å². The molecule has 0 saturated carbocycles. The normalized spacial score (nSPS) is 12.2. The van der Waals surface area contributed by atoms with Gasteiger partial charge < -0.3 is 14.3 Å². The molecule has 0 radical (unpaired) electrons. The molecule has 0 fully saturated rings. The number of rotatable bonds is 3. The van der Waals surface area contributed by atoms with Crippen molar-refractivity contribution in [1.82, 2.24) is 0 Å². The Labute approximate surface area is 112 Å². The van der Waals surface area contributed by atoms with Gasteiger partial charge in [-0.05, 0) is 29.8 Å². The average molecular weight is 311 g/mol. The van der Waals surface area contributed by atoms with E-state index in [2.05, 4.69) is 20.7 Å². The Hall–Kier alpha value is -1.59. The third kappa shape index (κ3) is 2.63. The first kappa shape index (κ1) is 12.9. The lowest BCUT2D eigenvalue weighted by Crippen LogP contribution is -2.00. The molecule has 1 aromatic heterocycles. The predicted molar refractivity (Wildman–Crippen MR) is 68.3 cm³/mol. The molecular formula is C13H11BrO4. The lowest BCUT2D eigenvalue weighted by Gasteiger charge is -2.08. The van der Waals surface area contributed by atoms with E-state index in [1.54, 1.807) is 18.2 Å². The van der Waals surface area contributed by atoms with Gasteiger partial charge in [-0.3, -0.25) is 0 Å². The fourth-order valence-electron chi connectivity index (χ4n) is 1.55. The minimum atomic E-state index is -0.916. The number of benzene rings is 1. The minimum Gasteiger partial charge on any atom is -0.463 e. The van der Waals surface area contributed by atoms with Gasteiger partial charge in [-0.1, -0.05) is 28.1 Å². The number of hydrogen-bond acceptors (Lipinski definition) is 4. The van der Waals surface area contributed by atoms with Crippen molar-refractivity contribution in [1.29, 1.82) is 0 Å². The van der Waals surface area contributed by atoms with Crippen molar-refractivity contribution in [2.24, 2.45) is 0 Å². The summed E-state index contributed by atoms with van der Waals surface area (Å²) in [6, 6.07) is 10.3. The third-order valence-corrected chi connectivity index (χ3v) is 2.94. The summed E-state index contributed by atoms with van der Waals surface area (Å²) < 4.78 is 10.6. The molecule has 1 atom stereocenters. The summed E-state index contributed by atoms with van der Waals surface area (Å²) in [5.41, 5.74) is 0.676. The highest BCUT2D eigenvalue weighted by atomic mass is 79.9. The first-order chi connectivity index (χ1) is 8.61. The van der Waals surface area contributed by atoms with Crippen LogP contribution in [0.1, 0.15) is 28.0 Å². The molecule has 0 saturated heterocycles. The van der Waals surface area contributed by atoms with Crippen molar-refractivity contribution in [2.75, 3.05) is 7.11 Å². The van der Waals surface area contributed by atoms with Crippen LogP contribution in [0.3, 0.4) is 0 Å². The maximum absolute atomic E-state index is 11.2. The molecular weight excluding hydrogens is 300 g/mol. The molecule has 5 heteroatoms. The van der Waals surface area contributed by atoms with Crippen LogP contribution in [0.25, 0.3) is 0 Å². The van der Waals surface area contributed by atoms with Crippen molar-refractivity contribution in [3.05, 3.63) is 58.0 Å². The van der Waals surface area contributed by atoms with Gasteiger partial charge in [-0.15, -0.1) is 0 Å². The van der Waals surface area contributed by atoms with E-state index in [1.165, 1.54) is 13.2 Å². The van der Waals surface area contributed by atoms with E-state index in [1.807, 2.05) is 12.1 Å². The van der Waals surface area contributed by atoms with Crippen molar-refractivity contribution < 1.29 is 19.1 Å². The fourth-order valence-corrected chi connectivity index (χ4v) is 1.97. The van der Waals surface area contributed by atoms with E-state index in [4.69, 9.17) is 4.42 Å². The van der Waals surface area contributed by atoms with Gasteiger partial charge in [0.05, 0.1) is 7.11 Å². The van der Waals surface area contributed by atoms with Gasteiger partial charge in [0.25, 0.3) is 0 Å². The first-order valence-electron chi connectivity index (χ1n) is 5.23. The fraction of sp³-hybridized carbons (Fsp3) is 0.154. The van der Waals surface area contributed by atoms with Crippen molar-refractivity contribution in [3.8, 4) is 0 Å². The van der Waals surface area contributed by atoms with E-state index in [9.17, 15) is 9.90 Å². The quantitative estimate of drug-likeness (QED) is 0.886. The predicted octanol–water partition coefficient (Wildman–Crippen LogP) is 2.91. The summed E-state index contributed by atoms with van der Waals surface area (Å²) in [6.07, 6.45) is -0.916. The van der Waals surface area contributed by atoms with E-state index in [-0.39, 0.29) is 5.76 Å². The molecule has 1 unspecified atom stereocenters.